The maximum absolute atomic E-state index is 11.2. The Morgan fingerprint density at radius 3 is 2.53 bits per heavy atom. The van der Waals surface area contributed by atoms with Crippen LogP contribution in [0.1, 0.15) is 32.3 Å². The van der Waals surface area contributed by atoms with Crippen LogP contribution in [0.2, 0.25) is 0 Å². The lowest BCUT2D eigenvalue weighted by atomic mass is 10.0. The minimum atomic E-state index is -0.457. The van der Waals surface area contributed by atoms with Gasteiger partial charge in [-0.05, 0) is 30.5 Å². The molecule has 0 radical (unpaired) electrons. The molecule has 0 bridgehead atoms. The minimum Gasteiger partial charge on any atom is -0.463 e. The van der Waals surface area contributed by atoms with Gasteiger partial charge in [0.15, 0.2) is 6.19 Å². The van der Waals surface area contributed by atoms with Gasteiger partial charge in [0.2, 0.25) is 0 Å². The van der Waals surface area contributed by atoms with Crippen molar-refractivity contribution in [1.82, 2.24) is 0 Å². The number of nitrogens with zero attached hydrogens (tertiary/aromatic N) is 2. The van der Waals surface area contributed by atoms with Gasteiger partial charge in [0, 0.05) is 12.3 Å². The first-order valence-corrected chi connectivity index (χ1v) is 6.22. The quantitative estimate of drug-likeness (QED) is 0.352. The number of carbonyl (C=O) groups is 1. The first kappa shape index (κ1) is 14.8. The Labute approximate surface area is 113 Å². The third kappa shape index (κ3) is 4.47. The maximum Gasteiger partial charge on any atom is 0.332 e. The highest BCUT2D eigenvalue weighted by molar-refractivity contribution is 5.82. The van der Waals surface area contributed by atoms with E-state index in [9.17, 15) is 4.79 Å². The van der Waals surface area contributed by atoms with E-state index in [1.54, 1.807) is 6.92 Å². The third-order valence-electron chi connectivity index (χ3n) is 2.59. The number of anilines is 1. The van der Waals surface area contributed by atoms with Crippen molar-refractivity contribution in [2.24, 2.45) is 0 Å². The summed E-state index contributed by atoms with van der Waals surface area (Å²) in [4.78, 5) is 12.5. The Hall–Kier alpha value is -2.28. The van der Waals surface area contributed by atoms with Crippen LogP contribution in [0.4, 0.5) is 5.69 Å². The molecular weight excluding hydrogens is 240 g/mol. The summed E-state index contributed by atoms with van der Waals surface area (Å²) >= 11 is 0. The number of hydrogen-bond donors (Lipinski definition) is 0. The predicted molar refractivity (Wildman–Crippen MR) is 74.4 cm³/mol. The van der Waals surface area contributed by atoms with Crippen molar-refractivity contribution in [3.05, 3.63) is 42.1 Å². The van der Waals surface area contributed by atoms with Crippen molar-refractivity contribution in [2.45, 2.75) is 26.7 Å². The molecular formula is C15H18N2O2. The van der Waals surface area contributed by atoms with Crippen LogP contribution in [0.5, 0.6) is 0 Å². The second kappa shape index (κ2) is 7.22. The summed E-state index contributed by atoms with van der Waals surface area (Å²) in [5, 5.41) is 9.07. The van der Waals surface area contributed by atoms with Gasteiger partial charge in [-0.25, -0.2) is 4.79 Å². The van der Waals surface area contributed by atoms with Gasteiger partial charge in [-0.2, -0.15) is 5.26 Å². The Morgan fingerprint density at radius 2 is 2.05 bits per heavy atom. The van der Waals surface area contributed by atoms with E-state index in [0.29, 0.717) is 18.2 Å². The number of ether oxygens (including phenoxy) is 1. The predicted octanol–water partition coefficient (Wildman–Crippen LogP) is 3.17. The van der Waals surface area contributed by atoms with Gasteiger partial charge in [0.1, 0.15) is 0 Å². The van der Waals surface area contributed by atoms with E-state index in [-0.39, 0.29) is 0 Å². The molecule has 100 valence electrons. The average molecular weight is 258 g/mol. The fourth-order valence-electron chi connectivity index (χ4n) is 1.52. The van der Waals surface area contributed by atoms with E-state index >= 15 is 0 Å². The van der Waals surface area contributed by atoms with Gasteiger partial charge in [0.05, 0.1) is 12.3 Å². The molecule has 0 aliphatic heterocycles. The molecule has 0 saturated heterocycles. The molecule has 0 heterocycles. The Bertz CT molecular complexity index is 484. The molecule has 0 spiro atoms. The highest BCUT2D eigenvalue weighted by Gasteiger charge is 2.04. The van der Waals surface area contributed by atoms with Crippen molar-refractivity contribution < 1.29 is 9.53 Å². The van der Waals surface area contributed by atoms with Crippen LogP contribution in [0.25, 0.3) is 0 Å². The van der Waals surface area contributed by atoms with E-state index in [1.807, 2.05) is 30.5 Å². The molecule has 0 N–H and O–H groups in total. The van der Waals surface area contributed by atoms with Crippen LogP contribution in [0.3, 0.4) is 0 Å². The molecule has 1 rings (SSSR count). The number of nitriles is 1. The van der Waals surface area contributed by atoms with Crippen LogP contribution in [0.15, 0.2) is 36.5 Å². The fraction of sp³-hybridized carbons (Fsp3) is 0.333. The molecule has 0 aromatic heterocycles. The average Bonchev–Trinajstić information content (AvgIpc) is 2.40. The van der Waals surface area contributed by atoms with Crippen molar-refractivity contribution in [3.8, 4) is 6.19 Å². The molecule has 1 aromatic rings. The summed E-state index contributed by atoms with van der Waals surface area (Å²) in [5.74, 6) is -0.0128. The zero-order valence-electron chi connectivity index (χ0n) is 11.5. The SMILES string of the molecule is CCOC(=O)/C=C/N(C#N)c1ccc(C(C)C)cc1. The summed E-state index contributed by atoms with van der Waals surface area (Å²) in [6, 6.07) is 7.66. The van der Waals surface area contributed by atoms with E-state index in [2.05, 4.69) is 13.8 Å². The minimum absolute atomic E-state index is 0.318. The first-order chi connectivity index (χ1) is 9.08. The van der Waals surface area contributed by atoms with Gasteiger partial charge in [-0.3, -0.25) is 4.90 Å². The number of rotatable bonds is 5. The molecule has 4 heteroatoms. The molecule has 0 amide bonds. The lowest BCUT2D eigenvalue weighted by Gasteiger charge is -2.12. The fourth-order valence-corrected chi connectivity index (χ4v) is 1.52. The topological polar surface area (TPSA) is 53.3 Å². The number of benzene rings is 1. The van der Waals surface area contributed by atoms with Gasteiger partial charge in [-0.1, -0.05) is 26.0 Å². The standard InChI is InChI=1S/C15H18N2O2/c1-4-19-15(18)9-10-17(11-16)14-7-5-13(6-8-14)12(2)3/h5-10,12H,4H2,1-3H3/b10-9+. The molecule has 0 saturated carbocycles. The third-order valence-corrected chi connectivity index (χ3v) is 2.59. The highest BCUT2D eigenvalue weighted by Crippen LogP contribution is 2.19. The molecule has 1 aromatic carbocycles. The zero-order valence-corrected chi connectivity index (χ0v) is 11.5. The van der Waals surface area contributed by atoms with E-state index in [4.69, 9.17) is 10.00 Å². The van der Waals surface area contributed by atoms with Crippen LogP contribution in [0, 0.1) is 11.5 Å². The molecule has 0 aliphatic rings. The van der Waals surface area contributed by atoms with Crippen LogP contribution >= 0.6 is 0 Å². The van der Waals surface area contributed by atoms with Crippen molar-refractivity contribution >= 4 is 11.7 Å². The summed E-state index contributed by atoms with van der Waals surface area (Å²) in [7, 11) is 0. The van der Waals surface area contributed by atoms with Crippen LogP contribution < -0.4 is 4.90 Å². The number of hydrogen-bond acceptors (Lipinski definition) is 4. The molecule has 0 unspecified atom stereocenters. The van der Waals surface area contributed by atoms with E-state index < -0.39 is 5.97 Å². The van der Waals surface area contributed by atoms with Gasteiger partial charge in [0.25, 0.3) is 0 Å². The van der Waals surface area contributed by atoms with E-state index in [1.165, 1.54) is 22.7 Å². The zero-order chi connectivity index (χ0) is 14.3. The summed E-state index contributed by atoms with van der Waals surface area (Å²) in [6.07, 6.45) is 4.65. The summed E-state index contributed by atoms with van der Waals surface area (Å²) in [6.45, 7) is 6.27. The summed E-state index contributed by atoms with van der Waals surface area (Å²) in [5.41, 5.74) is 1.92. The van der Waals surface area contributed by atoms with Gasteiger partial charge in [-0.15, -0.1) is 0 Å². The number of carbonyl (C=O) groups excluding carboxylic acids is 1. The molecule has 0 aliphatic carbocycles. The molecule has 19 heavy (non-hydrogen) atoms. The Kier molecular flexibility index (Phi) is 5.62. The van der Waals surface area contributed by atoms with Crippen molar-refractivity contribution in [3.63, 3.8) is 0 Å². The normalized spacial score (nSPS) is 10.5. The van der Waals surface area contributed by atoms with Gasteiger partial charge < -0.3 is 4.74 Å². The lowest BCUT2D eigenvalue weighted by Crippen LogP contribution is -2.09. The maximum atomic E-state index is 11.2. The van der Waals surface area contributed by atoms with E-state index in [0.717, 1.165) is 0 Å². The van der Waals surface area contributed by atoms with Gasteiger partial charge >= 0.3 is 5.97 Å². The largest absolute Gasteiger partial charge is 0.463 e. The lowest BCUT2D eigenvalue weighted by molar-refractivity contribution is -0.137. The first-order valence-electron chi connectivity index (χ1n) is 6.22. The second-order valence-corrected chi connectivity index (χ2v) is 4.28. The Balaban J connectivity index is 2.81. The van der Waals surface area contributed by atoms with Crippen molar-refractivity contribution in [1.29, 1.82) is 5.26 Å². The molecule has 4 nitrogen and oxygen atoms in total. The molecule has 0 fully saturated rings. The summed E-state index contributed by atoms with van der Waals surface area (Å²) < 4.78 is 4.76. The number of esters is 1. The Morgan fingerprint density at radius 1 is 1.42 bits per heavy atom. The highest BCUT2D eigenvalue weighted by atomic mass is 16.5. The smallest absolute Gasteiger partial charge is 0.332 e. The van der Waals surface area contributed by atoms with Crippen LogP contribution in [-0.4, -0.2) is 12.6 Å². The molecule has 0 atom stereocenters. The monoisotopic (exact) mass is 258 g/mol. The van der Waals surface area contributed by atoms with Crippen molar-refractivity contribution in [2.75, 3.05) is 11.5 Å². The second-order valence-electron chi connectivity index (χ2n) is 4.28. The van der Waals surface area contributed by atoms with Crippen LogP contribution in [-0.2, 0) is 9.53 Å².